The van der Waals surface area contributed by atoms with Crippen LogP contribution in [0, 0.1) is 5.92 Å². The van der Waals surface area contributed by atoms with Crippen molar-refractivity contribution in [1.82, 2.24) is 0 Å². The molecule has 0 spiro atoms. The molecule has 0 amide bonds. The highest BCUT2D eigenvalue weighted by Gasteiger charge is 2.18. The molecule has 1 rings (SSSR count). The van der Waals surface area contributed by atoms with Crippen molar-refractivity contribution in [2.24, 2.45) is 5.92 Å². The summed E-state index contributed by atoms with van der Waals surface area (Å²) >= 11 is 0. The Hall–Kier alpha value is -0.370. The van der Waals surface area contributed by atoms with Crippen LogP contribution in [0.5, 0.6) is 0 Å². The van der Waals surface area contributed by atoms with Crippen molar-refractivity contribution in [1.29, 1.82) is 0 Å². The van der Waals surface area contributed by atoms with Gasteiger partial charge in [0.1, 0.15) is 5.78 Å². The van der Waals surface area contributed by atoms with Gasteiger partial charge in [0.2, 0.25) is 0 Å². The molecule has 0 bridgehead atoms. The molecule has 0 N–H and O–H groups in total. The third kappa shape index (κ3) is 3.02. The molecule has 1 atom stereocenters. The minimum atomic E-state index is 0.442. The van der Waals surface area contributed by atoms with Gasteiger partial charge in [-0.3, -0.25) is 4.79 Å². The number of Topliss-reactive ketones (excluding diaryl/α,β-unsaturated/α-hetero) is 1. The van der Waals surface area contributed by atoms with Crippen molar-refractivity contribution in [2.75, 3.05) is 13.7 Å². The van der Waals surface area contributed by atoms with E-state index >= 15 is 0 Å². The smallest absolute Gasteiger partial charge is 0.133 e. The van der Waals surface area contributed by atoms with E-state index in [1.165, 1.54) is 6.42 Å². The Bertz CT molecular complexity index is 132. The van der Waals surface area contributed by atoms with Gasteiger partial charge in [0.05, 0.1) is 0 Å². The molecule has 11 heavy (non-hydrogen) atoms. The van der Waals surface area contributed by atoms with Crippen LogP contribution in [0.3, 0.4) is 0 Å². The van der Waals surface area contributed by atoms with Gasteiger partial charge in [-0.2, -0.15) is 0 Å². The molecule has 0 heterocycles. The van der Waals surface area contributed by atoms with Crippen LogP contribution < -0.4 is 0 Å². The van der Waals surface area contributed by atoms with E-state index in [4.69, 9.17) is 4.74 Å². The monoisotopic (exact) mass is 156 g/mol. The number of rotatable bonds is 3. The number of ketones is 1. The maximum atomic E-state index is 11.0. The number of carbonyl (C=O) groups is 1. The molecule has 0 aliphatic heterocycles. The maximum Gasteiger partial charge on any atom is 0.133 e. The SMILES string of the molecule is COCCC1CCCC(=O)C1. The van der Waals surface area contributed by atoms with Crippen LogP contribution in [-0.2, 0) is 9.53 Å². The van der Waals surface area contributed by atoms with Crippen LogP contribution >= 0.6 is 0 Å². The summed E-state index contributed by atoms with van der Waals surface area (Å²) in [5.41, 5.74) is 0. The van der Waals surface area contributed by atoms with Crippen molar-refractivity contribution in [3.8, 4) is 0 Å². The number of hydrogen-bond donors (Lipinski definition) is 0. The lowest BCUT2D eigenvalue weighted by Crippen LogP contribution is -2.16. The maximum absolute atomic E-state index is 11.0. The number of ether oxygens (including phenoxy) is 1. The minimum absolute atomic E-state index is 0.442. The van der Waals surface area contributed by atoms with Crippen molar-refractivity contribution < 1.29 is 9.53 Å². The Kier molecular flexibility index (Phi) is 3.57. The number of carbonyl (C=O) groups excluding carboxylic acids is 1. The highest BCUT2D eigenvalue weighted by molar-refractivity contribution is 5.79. The van der Waals surface area contributed by atoms with Gasteiger partial charge in [-0.05, 0) is 25.2 Å². The lowest BCUT2D eigenvalue weighted by atomic mass is 9.86. The summed E-state index contributed by atoms with van der Waals surface area (Å²) in [4.78, 5) is 11.0. The molecule has 1 unspecified atom stereocenters. The first kappa shape index (κ1) is 8.72. The first-order chi connectivity index (χ1) is 5.33. The van der Waals surface area contributed by atoms with E-state index in [1.807, 2.05) is 0 Å². The first-order valence-corrected chi connectivity index (χ1v) is 4.33. The molecule has 1 aliphatic rings. The van der Waals surface area contributed by atoms with Crippen LogP contribution in [0.2, 0.25) is 0 Å². The van der Waals surface area contributed by atoms with Gasteiger partial charge in [0.25, 0.3) is 0 Å². The topological polar surface area (TPSA) is 26.3 Å². The number of methoxy groups -OCH3 is 1. The van der Waals surface area contributed by atoms with Crippen LogP contribution in [0.15, 0.2) is 0 Å². The van der Waals surface area contributed by atoms with E-state index in [0.29, 0.717) is 11.7 Å². The van der Waals surface area contributed by atoms with Gasteiger partial charge in [-0.1, -0.05) is 0 Å². The molecule has 1 fully saturated rings. The Morgan fingerprint density at radius 3 is 3.09 bits per heavy atom. The second-order valence-electron chi connectivity index (χ2n) is 3.28. The Balaban J connectivity index is 2.17. The standard InChI is InChI=1S/C9H16O2/c1-11-6-5-8-3-2-4-9(10)7-8/h8H,2-7H2,1H3. The van der Waals surface area contributed by atoms with Crippen LogP contribution in [0.4, 0.5) is 0 Å². The third-order valence-corrected chi connectivity index (χ3v) is 2.31. The zero-order valence-electron chi connectivity index (χ0n) is 7.14. The van der Waals surface area contributed by atoms with E-state index in [9.17, 15) is 4.79 Å². The van der Waals surface area contributed by atoms with Gasteiger partial charge in [0.15, 0.2) is 0 Å². The minimum Gasteiger partial charge on any atom is -0.385 e. The summed E-state index contributed by atoms with van der Waals surface area (Å²) in [6.07, 6.45) is 4.97. The summed E-state index contributed by atoms with van der Waals surface area (Å²) in [5.74, 6) is 1.05. The molecular weight excluding hydrogens is 140 g/mol. The molecule has 64 valence electrons. The van der Waals surface area contributed by atoms with Gasteiger partial charge in [0, 0.05) is 26.6 Å². The van der Waals surface area contributed by atoms with Crippen LogP contribution in [0.25, 0.3) is 0 Å². The fraction of sp³-hybridized carbons (Fsp3) is 0.889. The Labute approximate surface area is 67.9 Å². The number of hydrogen-bond acceptors (Lipinski definition) is 2. The van der Waals surface area contributed by atoms with Crippen LogP contribution in [0.1, 0.15) is 32.1 Å². The average molecular weight is 156 g/mol. The molecule has 0 aromatic rings. The molecule has 1 aliphatic carbocycles. The van der Waals surface area contributed by atoms with Gasteiger partial charge in [-0.25, -0.2) is 0 Å². The molecule has 2 nitrogen and oxygen atoms in total. The van der Waals surface area contributed by atoms with Gasteiger partial charge < -0.3 is 4.74 Å². The Morgan fingerprint density at radius 1 is 1.64 bits per heavy atom. The Morgan fingerprint density at radius 2 is 2.45 bits per heavy atom. The molecule has 0 saturated heterocycles. The predicted molar refractivity (Wildman–Crippen MR) is 43.5 cm³/mol. The molecule has 1 saturated carbocycles. The highest BCUT2D eigenvalue weighted by Crippen LogP contribution is 2.23. The second kappa shape index (κ2) is 4.50. The zero-order chi connectivity index (χ0) is 8.10. The van der Waals surface area contributed by atoms with Gasteiger partial charge >= 0.3 is 0 Å². The predicted octanol–water partition coefficient (Wildman–Crippen LogP) is 1.78. The van der Waals surface area contributed by atoms with E-state index < -0.39 is 0 Å². The highest BCUT2D eigenvalue weighted by atomic mass is 16.5. The summed E-state index contributed by atoms with van der Waals surface area (Å²) in [6.45, 7) is 0.804. The summed E-state index contributed by atoms with van der Waals surface area (Å²) in [7, 11) is 1.71. The largest absolute Gasteiger partial charge is 0.385 e. The quantitative estimate of drug-likeness (QED) is 0.622. The van der Waals surface area contributed by atoms with E-state index in [0.717, 1.165) is 32.3 Å². The van der Waals surface area contributed by atoms with E-state index in [1.54, 1.807) is 7.11 Å². The van der Waals surface area contributed by atoms with Crippen molar-refractivity contribution in [2.45, 2.75) is 32.1 Å². The zero-order valence-corrected chi connectivity index (χ0v) is 7.14. The summed E-state index contributed by atoms with van der Waals surface area (Å²) in [5, 5.41) is 0. The second-order valence-corrected chi connectivity index (χ2v) is 3.28. The summed E-state index contributed by atoms with van der Waals surface area (Å²) < 4.78 is 4.97. The fourth-order valence-corrected chi connectivity index (χ4v) is 1.64. The lowest BCUT2D eigenvalue weighted by molar-refractivity contribution is -0.121. The fourth-order valence-electron chi connectivity index (χ4n) is 1.64. The van der Waals surface area contributed by atoms with Crippen LogP contribution in [-0.4, -0.2) is 19.5 Å². The van der Waals surface area contributed by atoms with Crippen molar-refractivity contribution in [3.63, 3.8) is 0 Å². The average Bonchev–Trinajstić information content (AvgIpc) is 2.01. The van der Waals surface area contributed by atoms with Gasteiger partial charge in [-0.15, -0.1) is 0 Å². The third-order valence-electron chi connectivity index (χ3n) is 2.31. The van der Waals surface area contributed by atoms with Crippen molar-refractivity contribution >= 4 is 5.78 Å². The first-order valence-electron chi connectivity index (χ1n) is 4.33. The summed E-state index contributed by atoms with van der Waals surface area (Å²) in [6, 6.07) is 0. The normalized spacial score (nSPS) is 25.5. The van der Waals surface area contributed by atoms with E-state index in [2.05, 4.69) is 0 Å². The molecule has 2 heteroatoms. The molecule has 0 aromatic carbocycles. The van der Waals surface area contributed by atoms with E-state index in [-0.39, 0.29) is 0 Å². The lowest BCUT2D eigenvalue weighted by Gasteiger charge is -2.19. The molecule has 0 aromatic heterocycles. The molecule has 0 radical (unpaired) electrons. The molecular formula is C9H16O2. The van der Waals surface area contributed by atoms with Crippen molar-refractivity contribution in [3.05, 3.63) is 0 Å².